The zero-order chi connectivity index (χ0) is 8.97. The maximum atomic E-state index is 3.45. The summed E-state index contributed by atoms with van der Waals surface area (Å²) in [7, 11) is 0. The second-order valence-corrected chi connectivity index (χ2v) is 4.90. The van der Waals surface area contributed by atoms with Crippen LogP contribution in [0.15, 0.2) is 18.2 Å². The molecule has 66 valence electrons. The average molecular weight is 339 g/mol. The summed E-state index contributed by atoms with van der Waals surface area (Å²) in [5.41, 5.74) is 2.90. The van der Waals surface area contributed by atoms with Crippen molar-refractivity contribution in [1.29, 1.82) is 0 Å². The van der Waals surface area contributed by atoms with Crippen molar-refractivity contribution in [3.05, 3.63) is 32.9 Å². The Morgan fingerprint density at radius 1 is 1.42 bits per heavy atom. The molecular formula is C10H12BrI. The molecule has 0 saturated carbocycles. The lowest BCUT2D eigenvalue weighted by molar-refractivity contribution is 0.928. The van der Waals surface area contributed by atoms with Crippen LogP contribution < -0.4 is 0 Å². The molecule has 1 aromatic rings. The molecule has 2 heteroatoms. The highest BCUT2D eigenvalue weighted by molar-refractivity contribution is 14.1. The van der Waals surface area contributed by atoms with Crippen LogP contribution in [0.1, 0.15) is 17.5 Å². The van der Waals surface area contributed by atoms with Crippen LogP contribution in [0, 0.1) is 10.5 Å². The molecule has 1 rings (SSSR count). The third-order valence-corrected chi connectivity index (χ3v) is 3.12. The van der Waals surface area contributed by atoms with Crippen LogP contribution in [-0.2, 0) is 6.42 Å². The highest BCUT2D eigenvalue weighted by atomic mass is 127. The van der Waals surface area contributed by atoms with Gasteiger partial charge in [-0.1, -0.05) is 22.0 Å². The largest absolute Gasteiger partial charge is 0.0928 e. The van der Waals surface area contributed by atoms with Gasteiger partial charge in [0, 0.05) is 8.90 Å². The molecule has 0 atom stereocenters. The Kier molecular flexibility index (Phi) is 4.57. The number of halogens is 2. The summed E-state index contributed by atoms with van der Waals surface area (Å²) in [5.74, 6) is 0. The summed E-state index contributed by atoms with van der Waals surface area (Å²) in [6, 6.07) is 6.64. The van der Waals surface area contributed by atoms with Gasteiger partial charge in [0.1, 0.15) is 0 Å². The van der Waals surface area contributed by atoms with E-state index in [0.29, 0.717) is 0 Å². The van der Waals surface area contributed by atoms with Crippen LogP contribution in [0.5, 0.6) is 0 Å². The number of aryl methyl sites for hydroxylation is 2. The fourth-order valence-electron chi connectivity index (χ4n) is 1.17. The van der Waals surface area contributed by atoms with Crippen LogP contribution in [0.2, 0.25) is 0 Å². The van der Waals surface area contributed by atoms with Gasteiger partial charge in [0.05, 0.1) is 0 Å². The van der Waals surface area contributed by atoms with Crippen molar-refractivity contribution in [3.8, 4) is 0 Å². The van der Waals surface area contributed by atoms with E-state index in [9.17, 15) is 0 Å². The average Bonchev–Trinajstić information content (AvgIpc) is 2.07. The fraction of sp³-hybridized carbons (Fsp3) is 0.400. The van der Waals surface area contributed by atoms with Gasteiger partial charge < -0.3 is 0 Å². The molecule has 0 fully saturated rings. The van der Waals surface area contributed by atoms with Crippen molar-refractivity contribution < 1.29 is 0 Å². The number of alkyl halides is 1. The first-order chi connectivity index (χ1) is 5.74. The molecule has 0 heterocycles. The highest BCUT2D eigenvalue weighted by Crippen LogP contribution is 2.14. The third kappa shape index (κ3) is 3.05. The van der Waals surface area contributed by atoms with E-state index < -0.39 is 0 Å². The first-order valence-corrected chi connectivity index (χ1v) is 6.25. The predicted molar refractivity (Wildman–Crippen MR) is 66.0 cm³/mol. The summed E-state index contributed by atoms with van der Waals surface area (Å²) in [6.07, 6.45) is 2.41. The molecule has 0 amide bonds. The Morgan fingerprint density at radius 2 is 2.17 bits per heavy atom. The zero-order valence-corrected chi connectivity index (χ0v) is 10.9. The second kappa shape index (κ2) is 5.22. The lowest BCUT2D eigenvalue weighted by atomic mass is 10.1. The molecule has 0 nitrogen and oxygen atoms in total. The maximum absolute atomic E-state index is 3.45. The van der Waals surface area contributed by atoms with Gasteiger partial charge in [-0.3, -0.25) is 0 Å². The van der Waals surface area contributed by atoms with Crippen LogP contribution in [0.25, 0.3) is 0 Å². The summed E-state index contributed by atoms with van der Waals surface area (Å²) < 4.78 is 1.34. The van der Waals surface area contributed by atoms with Gasteiger partial charge in [-0.25, -0.2) is 0 Å². The van der Waals surface area contributed by atoms with E-state index >= 15 is 0 Å². The fourth-order valence-corrected chi connectivity index (χ4v) is 2.00. The van der Waals surface area contributed by atoms with E-state index in [2.05, 4.69) is 63.6 Å². The molecule has 1 aromatic carbocycles. The molecule has 0 bridgehead atoms. The lowest BCUT2D eigenvalue weighted by Gasteiger charge is -2.04. The molecule has 0 unspecified atom stereocenters. The zero-order valence-electron chi connectivity index (χ0n) is 7.11. The SMILES string of the molecule is Cc1ccc(I)cc1CCCBr. The summed E-state index contributed by atoms with van der Waals surface area (Å²) >= 11 is 5.81. The molecule has 0 aromatic heterocycles. The van der Waals surface area contributed by atoms with E-state index in [1.54, 1.807) is 0 Å². The summed E-state index contributed by atoms with van der Waals surface area (Å²) in [4.78, 5) is 0. The van der Waals surface area contributed by atoms with E-state index in [0.717, 1.165) is 5.33 Å². The van der Waals surface area contributed by atoms with Crippen LogP contribution >= 0.6 is 38.5 Å². The van der Waals surface area contributed by atoms with E-state index in [1.807, 2.05) is 0 Å². The second-order valence-electron chi connectivity index (χ2n) is 2.86. The summed E-state index contributed by atoms with van der Waals surface area (Å²) in [6.45, 7) is 2.18. The van der Waals surface area contributed by atoms with Crippen molar-refractivity contribution in [3.63, 3.8) is 0 Å². The van der Waals surface area contributed by atoms with Gasteiger partial charge in [-0.05, 0) is 65.6 Å². The maximum Gasteiger partial charge on any atom is 0.0133 e. The molecule has 12 heavy (non-hydrogen) atoms. The molecule has 0 aliphatic carbocycles. The molecule has 0 aliphatic heterocycles. The minimum atomic E-state index is 1.10. The molecule has 0 aliphatic rings. The Labute approximate surface area is 96.0 Å². The molecule has 0 spiro atoms. The molecule has 0 radical (unpaired) electrons. The van der Waals surface area contributed by atoms with E-state index in [-0.39, 0.29) is 0 Å². The van der Waals surface area contributed by atoms with Crippen molar-refractivity contribution in [2.45, 2.75) is 19.8 Å². The van der Waals surface area contributed by atoms with Gasteiger partial charge in [-0.15, -0.1) is 0 Å². The van der Waals surface area contributed by atoms with E-state index in [1.165, 1.54) is 27.5 Å². The quantitative estimate of drug-likeness (QED) is 0.578. The standard InChI is InChI=1S/C10H12BrI/c1-8-4-5-10(12)7-9(8)3-2-6-11/h4-5,7H,2-3,6H2,1H3. The van der Waals surface area contributed by atoms with Gasteiger partial charge in [0.25, 0.3) is 0 Å². The van der Waals surface area contributed by atoms with Crippen LogP contribution in [0.4, 0.5) is 0 Å². The van der Waals surface area contributed by atoms with Crippen molar-refractivity contribution in [1.82, 2.24) is 0 Å². The predicted octanol–water partition coefficient (Wildman–Crippen LogP) is 3.93. The lowest BCUT2D eigenvalue weighted by Crippen LogP contribution is -1.91. The number of hydrogen-bond donors (Lipinski definition) is 0. The van der Waals surface area contributed by atoms with E-state index in [4.69, 9.17) is 0 Å². The first-order valence-electron chi connectivity index (χ1n) is 4.05. The molecule has 0 saturated heterocycles. The third-order valence-electron chi connectivity index (χ3n) is 1.89. The Balaban J connectivity index is 2.75. The minimum absolute atomic E-state index is 1.10. The van der Waals surface area contributed by atoms with Gasteiger partial charge in [-0.2, -0.15) is 0 Å². The van der Waals surface area contributed by atoms with Crippen molar-refractivity contribution >= 4 is 38.5 Å². The van der Waals surface area contributed by atoms with Crippen LogP contribution in [0.3, 0.4) is 0 Å². The first kappa shape index (κ1) is 10.5. The van der Waals surface area contributed by atoms with Gasteiger partial charge in [0.2, 0.25) is 0 Å². The highest BCUT2D eigenvalue weighted by Gasteiger charge is 1.97. The summed E-state index contributed by atoms with van der Waals surface area (Å²) in [5, 5.41) is 1.10. The minimum Gasteiger partial charge on any atom is -0.0928 e. The Bertz CT molecular complexity index is 258. The van der Waals surface area contributed by atoms with Crippen molar-refractivity contribution in [2.75, 3.05) is 5.33 Å². The normalized spacial score (nSPS) is 10.2. The topological polar surface area (TPSA) is 0 Å². The van der Waals surface area contributed by atoms with Gasteiger partial charge >= 0.3 is 0 Å². The Morgan fingerprint density at radius 3 is 2.83 bits per heavy atom. The monoisotopic (exact) mass is 338 g/mol. The number of hydrogen-bond acceptors (Lipinski definition) is 0. The van der Waals surface area contributed by atoms with Gasteiger partial charge in [0.15, 0.2) is 0 Å². The Hall–Kier alpha value is 0.430. The van der Waals surface area contributed by atoms with Crippen LogP contribution in [-0.4, -0.2) is 5.33 Å². The van der Waals surface area contributed by atoms with Crippen molar-refractivity contribution in [2.24, 2.45) is 0 Å². The number of benzene rings is 1. The number of rotatable bonds is 3. The smallest absolute Gasteiger partial charge is 0.0133 e. The molecular weight excluding hydrogens is 327 g/mol. The molecule has 0 N–H and O–H groups in total.